The number of phenolic OH excluding ortho intramolecular Hbond substituents is 1. The highest BCUT2D eigenvalue weighted by Gasteiger charge is 2.29. The number of esters is 1. The van der Waals surface area contributed by atoms with Gasteiger partial charge in [0.25, 0.3) is 0 Å². The van der Waals surface area contributed by atoms with Crippen molar-refractivity contribution in [1.82, 2.24) is 0 Å². The Labute approximate surface area is 140 Å². The molecular weight excluding hydrogens is 308 g/mol. The van der Waals surface area contributed by atoms with E-state index in [-0.39, 0.29) is 5.75 Å². The largest absolute Gasteiger partial charge is 0.504 e. The molecule has 0 fully saturated rings. The van der Waals surface area contributed by atoms with Crippen LogP contribution in [-0.2, 0) is 4.79 Å². The van der Waals surface area contributed by atoms with E-state index in [4.69, 9.17) is 14.2 Å². The Morgan fingerprint density at radius 2 is 1.83 bits per heavy atom. The lowest BCUT2D eigenvalue weighted by Crippen LogP contribution is -2.01. The van der Waals surface area contributed by atoms with Gasteiger partial charge in [0.05, 0.1) is 18.8 Å². The number of phenols is 1. The molecule has 0 saturated heterocycles. The Morgan fingerprint density at radius 3 is 2.58 bits per heavy atom. The van der Waals surface area contributed by atoms with Crippen LogP contribution in [0.25, 0.3) is 11.6 Å². The van der Waals surface area contributed by atoms with Gasteiger partial charge in [-0.3, -0.25) is 0 Å². The molecule has 24 heavy (non-hydrogen) atoms. The van der Waals surface area contributed by atoms with Crippen LogP contribution < -0.4 is 14.2 Å². The van der Waals surface area contributed by atoms with Gasteiger partial charge in [-0.15, -0.1) is 0 Å². The summed E-state index contributed by atoms with van der Waals surface area (Å²) in [4.78, 5) is 12.2. The zero-order valence-corrected chi connectivity index (χ0v) is 13.5. The Balaban J connectivity index is 2.02. The zero-order valence-electron chi connectivity index (χ0n) is 13.5. The van der Waals surface area contributed by atoms with E-state index in [1.54, 1.807) is 24.3 Å². The van der Waals surface area contributed by atoms with Crippen LogP contribution in [0.1, 0.15) is 25.0 Å². The molecule has 1 N–H and O–H groups in total. The first kappa shape index (κ1) is 15.9. The van der Waals surface area contributed by atoms with Gasteiger partial charge in [0.15, 0.2) is 23.0 Å². The fourth-order valence-corrected chi connectivity index (χ4v) is 2.55. The predicted molar refractivity (Wildman–Crippen MR) is 90.4 cm³/mol. The van der Waals surface area contributed by atoms with E-state index in [1.165, 1.54) is 6.07 Å². The fraction of sp³-hybridized carbons (Fsp3) is 0.211. The van der Waals surface area contributed by atoms with Crippen molar-refractivity contribution in [2.24, 2.45) is 0 Å². The van der Waals surface area contributed by atoms with Crippen molar-refractivity contribution in [2.45, 2.75) is 13.8 Å². The van der Waals surface area contributed by atoms with Crippen LogP contribution in [0.15, 0.2) is 36.4 Å². The second-order valence-corrected chi connectivity index (χ2v) is 5.17. The monoisotopic (exact) mass is 326 g/mol. The number of rotatable bonds is 5. The highest BCUT2D eigenvalue weighted by molar-refractivity contribution is 6.26. The first-order valence-corrected chi connectivity index (χ1v) is 7.80. The normalized spacial score (nSPS) is 14.4. The minimum atomic E-state index is -0.428. The summed E-state index contributed by atoms with van der Waals surface area (Å²) in [5.41, 5.74) is 1.87. The molecule has 3 rings (SSSR count). The number of benzene rings is 2. The molecular formula is C19H18O5. The number of aromatic hydroxyl groups is 1. The van der Waals surface area contributed by atoms with Gasteiger partial charge in [-0.25, -0.2) is 4.79 Å². The van der Waals surface area contributed by atoms with Gasteiger partial charge in [-0.05, 0) is 43.7 Å². The molecule has 0 aliphatic carbocycles. The number of para-hydroxylation sites is 1. The highest BCUT2D eigenvalue weighted by atomic mass is 16.6. The lowest BCUT2D eigenvalue weighted by molar-refractivity contribution is -0.127. The van der Waals surface area contributed by atoms with Gasteiger partial charge < -0.3 is 19.3 Å². The number of fused-ring (bicyclic) bond motifs is 1. The van der Waals surface area contributed by atoms with Crippen LogP contribution in [0, 0.1) is 0 Å². The molecule has 0 unspecified atom stereocenters. The van der Waals surface area contributed by atoms with E-state index in [9.17, 15) is 9.90 Å². The van der Waals surface area contributed by atoms with E-state index in [2.05, 4.69) is 0 Å². The van der Waals surface area contributed by atoms with Gasteiger partial charge >= 0.3 is 5.97 Å². The molecule has 0 radical (unpaired) electrons. The van der Waals surface area contributed by atoms with Gasteiger partial charge in [-0.1, -0.05) is 18.2 Å². The summed E-state index contributed by atoms with van der Waals surface area (Å²) in [5, 5.41) is 9.78. The third kappa shape index (κ3) is 2.93. The average molecular weight is 326 g/mol. The van der Waals surface area contributed by atoms with E-state index in [0.29, 0.717) is 41.6 Å². The maximum absolute atomic E-state index is 12.2. The van der Waals surface area contributed by atoms with Crippen LogP contribution >= 0.6 is 0 Å². The van der Waals surface area contributed by atoms with Crippen LogP contribution in [0.3, 0.4) is 0 Å². The molecule has 0 spiro atoms. The fourth-order valence-electron chi connectivity index (χ4n) is 2.55. The summed E-state index contributed by atoms with van der Waals surface area (Å²) < 4.78 is 16.2. The SMILES string of the molecule is CCOc1cc(C=C2C(=O)Oc3c(OCC)cccc32)ccc1O. The lowest BCUT2D eigenvalue weighted by Gasteiger charge is -2.07. The standard InChI is InChI=1S/C19H18O5/c1-3-22-16-7-5-6-13-14(19(21)24-18(13)16)10-12-8-9-15(20)17(11-12)23-4-2/h5-11,20H,3-4H2,1-2H3. The molecule has 1 aliphatic rings. The van der Waals surface area contributed by atoms with Crippen LogP contribution in [0.5, 0.6) is 23.0 Å². The van der Waals surface area contributed by atoms with Gasteiger partial charge in [0.2, 0.25) is 0 Å². The van der Waals surface area contributed by atoms with Gasteiger partial charge in [0, 0.05) is 5.56 Å². The third-order valence-corrected chi connectivity index (χ3v) is 3.58. The van der Waals surface area contributed by atoms with Crippen molar-refractivity contribution >= 4 is 17.6 Å². The maximum Gasteiger partial charge on any atom is 0.344 e. The summed E-state index contributed by atoms with van der Waals surface area (Å²) in [5.74, 6) is 1.00. The van der Waals surface area contributed by atoms with Crippen LogP contribution in [-0.4, -0.2) is 24.3 Å². The molecule has 0 saturated carbocycles. The number of carbonyl (C=O) groups is 1. The lowest BCUT2D eigenvalue weighted by atomic mass is 10.0. The average Bonchev–Trinajstić information content (AvgIpc) is 2.88. The molecule has 5 heteroatoms. The minimum Gasteiger partial charge on any atom is -0.504 e. The molecule has 2 aromatic carbocycles. The second kappa shape index (κ2) is 6.66. The van der Waals surface area contributed by atoms with E-state index >= 15 is 0 Å². The molecule has 2 aromatic rings. The van der Waals surface area contributed by atoms with Crippen molar-refractivity contribution in [3.63, 3.8) is 0 Å². The van der Waals surface area contributed by atoms with E-state index in [0.717, 1.165) is 5.56 Å². The Bertz CT molecular complexity index is 807. The zero-order chi connectivity index (χ0) is 17.1. The van der Waals surface area contributed by atoms with Crippen molar-refractivity contribution < 1.29 is 24.1 Å². The summed E-state index contributed by atoms with van der Waals surface area (Å²) >= 11 is 0. The van der Waals surface area contributed by atoms with Crippen molar-refractivity contribution in [2.75, 3.05) is 13.2 Å². The number of hydrogen-bond donors (Lipinski definition) is 1. The van der Waals surface area contributed by atoms with Crippen LogP contribution in [0.2, 0.25) is 0 Å². The summed E-state index contributed by atoms with van der Waals surface area (Å²) in [6.07, 6.45) is 1.71. The second-order valence-electron chi connectivity index (χ2n) is 5.17. The molecule has 0 aromatic heterocycles. The number of carbonyl (C=O) groups excluding carboxylic acids is 1. The maximum atomic E-state index is 12.2. The quantitative estimate of drug-likeness (QED) is 0.516. The van der Waals surface area contributed by atoms with Crippen molar-refractivity contribution in [3.8, 4) is 23.0 Å². The van der Waals surface area contributed by atoms with Gasteiger partial charge in [-0.2, -0.15) is 0 Å². The predicted octanol–water partition coefficient (Wildman–Crippen LogP) is 3.65. The molecule has 0 amide bonds. The molecule has 0 atom stereocenters. The Morgan fingerprint density at radius 1 is 1.08 bits per heavy atom. The topological polar surface area (TPSA) is 65.0 Å². The van der Waals surface area contributed by atoms with E-state index in [1.807, 2.05) is 26.0 Å². The van der Waals surface area contributed by atoms with Crippen molar-refractivity contribution in [1.29, 1.82) is 0 Å². The number of ether oxygens (including phenoxy) is 3. The molecule has 124 valence electrons. The molecule has 1 aliphatic heterocycles. The smallest absolute Gasteiger partial charge is 0.344 e. The highest BCUT2D eigenvalue weighted by Crippen LogP contribution is 2.42. The summed E-state index contributed by atoms with van der Waals surface area (Å²) in [6.45, 7) is 4.64. The Hall–Kier alpha value is -2.95. The van der Waals surface area contributed by atoms with Crippen molar-refractivity contribution in [3.05, 3.63) is 47.5 Å². The first-order valence-electron chi connectivity index (χ1n) is 7.80. The number of hydrogen-bond acceptors (Lipinski definition) is 5. The third-order valence-electron chi connectivity index (χ3n) is 3.58. The minimum absolute atomic E-state index is 0.0621. The Kier molecular flexibility index (Phi) is 4.42. The molecule has 1 heterocycles. The van der Waals surface area contributed by atoms with E-state index < -0.39 is 5.97 Å². The van der Waals surface area contributed by atoms with Crippen LogP contribution in [0.4, 0.5) is 0 Å². The summed E-state index contributed by atoms with van der Waals surface area (Å²) in [7, 11) is 0. The molecule has 5 nitrogen and oxygen atoms in total. The first-order chi connectivity index (χ1) is 11.6. The van der Waals surface area contributed by atoms with Gasteiger partial charge in [0.1, 0.15) is 0 Å². The summed E-state index contributed by atoms with van der Waals surface area (Å²) in [6, 6.07) is 10.3. The molecule has 0 bridgehead atoms.